The van der Waals surface area contributed by atoms with E-state index < -0.39 is 10.0 Å². The number of amides is 1. The molecule has 0 spiro atoms. The van der Waals surface area contributed by atoms with E-state index in [-0.39, 0.29) is 10.8 Å². The Kier molecular flexibility index (Phi) is 5.94. The SMILES string of the molecule is CCn1c(CCC(=O)N2CCc3ccccc32)nc2cc(S(=O)(=O)N3CCOCC3)ccc21. The van der Waals surface area contributed by atoms with Crippen LogP contribution in [0, 0.1) is 0 Å². The summed E-state index contributed by atoms with van der Waals surface area (Å²) in [6, 6.07) is 13.2. The maximum absolute atomic E-state index is 13.0. The van der Waals surface area contributed by atoms with Gasteiger partial charge in [-0.25, -0.2) is 13.4 Å². The van der Waals surface area contributed by atoms with Crippen LogP contribution in [0.5, 0.6) is 0 Å². The van der Waals surface area contributed by atoms with E-state index in [1.54, 1.807) is 12.1 Å². The minimum atomic E-state index is -3.59. The number of carbonyl (C=O) groups excluding carboxylic acids is 1. The van der Waals surface area contributed by atoms with Crippen molar-refractivity contribution < 1.29 is 17.9 Å². The third kappa shape index (κ3) is 4.05. The lowest BCUT2D eigenvalue weighted by atomic mass is 10.2. The summed E-state index contributed by atoms with van der Waals surface area (Å²) in [4.78, 5) is 19.8. The second kappa shape index (κ2) is 8.89. The summed E-state index contributed by atoms with van der Waals surface area (Å²) in [6.45, 7) is 4.97. The average molecular weight is 469 g/mol. The molecule has 2 aliphatic heterocycles. The molecule has 33 heavy (non-hydrogen) atoms. The molecule has 0 bridgehead atoms. The Labute approximate surface area is 193 Å². The molecule has 0 atom stereocenters. The number of para-hydroxylation sites is 1. The summed E-state index contributed by atoms with van der Waals surface area (Å²) < 4.78 is 34.9. The number of benzene rings is 2. The van der Waals surface area contributed by atoms with E-state index in [1.165, 1.54) is 9.87 Å². The summed E-state index contributed by atoms with van der Waals surface area (Å²) in [5, 5.41) is 0. The van der Waals surface area contributed by atoms with Crippen LogP contribution in [0.15, 0.2) is 47.4 Å². The van der Waals surface area contributed by atoms with E-state index in [0.717, 1.165) is 23.4 Å². The Morgan fingerprint density at radius 2 is 1.88 bits per heavy atom. The van der Waals surface area contributed by atoms with Gasteiger partial charge in [-0.05, 0) is 43.2 Å². The fourth-order valence-corrected chi connectivity index (χ4v) is 6.18. The lowest BCUT2D eigenvalue weighted by Crippen LogP contribution is -2.40. The van der Waals surface area contributed by atoms with Crippen LogP contribution in [0.3, 0.4) is 0 Å². The van der Waals surface area contributed by atoms with Gasteiger partial charge in [-0.15, -0.1) is 0 Å². The van der Waals surface area contributed by atoms with Crippen molar-refractivity contribution in [3.63, 3.8) is 0 Å². The van der Waals surface area contributed by atoms with Crippen molar-refractivity contribution in [1.29, 1.82) is 0 Å². The van der Waals surface area contributed by atoms with Crippen molar-refractivity contribution >= 4 is 32.7 Å². The third-order valence-corrected chi connectivity index (χ3v) is 8.37. The van der Waals surface area contributed by atoms with Gasteiger partial charge in [0.25, 0.3) is 0 Å². The van der Waals surface area contributed by atoms with Crippen LogP contribution in [0.4, 0.5) is 5.69 Å². The molecule has 0 aliphatic carbocycles. The molecule has 3 heterocycles. The molecule has 0 N–H and O–H groups in total. The number of hydrogen-bond acceptors (Lipinski definition) is 5. The molecule has 3 aromatic rings. The summed E-state index contributed by atoms with van der Waals surface area (Å²) in [5.74, 6) is 0.888. The Bertz CT molecular complexity index is 1300. The van der Waals surface area contributed by atoms with E-state index in [0.29, 0.717) is 57.8 Å². The first-order valence-corrected chi connectivity index (χ1v) is 12.9. The van der Waals surface area contributed by atoms with Crippen LogP contribution >= 0.6 is 0 Å². The molecule has 0 saturated carbocycles. The van der Waals surface area contributed by atoms with Gasteiger partial charge in [0, 0.05) is 44.7 Å². The molecule has 1 saturated heterocycles. The summed E-state index contributed by atoms with van der Waals surface area (Å²) in [6.07, 6.45) is 1.75. The normalized spacial score (nSPS) is 16.9. The Morgan fingerprint density at radius 3 is 2.67 bits per heavy atom. The van der Waals surface area contributed by atoms with Crippen molar-refractivity contribution in [2.24, 2.45) is 0 Å². The molecule has 2 aliphatic rings. The van der Waals surface area contributed by atoms with Crippen LogP contribution < -0.4 is 4.90 Å². The maximum atomic E-state index is 13.0. The van der Waals surface area contributed by atoms with Crippen molar-refractivity contribution in [2.45, 2.75) is 37.6 Å². The average Bonchev–Trinajstić information content (AvgIpc) is 3.43. The van der Waals surface area contributed by atoms with Crippen LogP contribution in [0.2, 0.25) is 0 Å². The highest BCUT2D eigenvalue weighted by molar-refractivity contribution is 7.89. The van der Waals surface area contributed by atoms with Crippen molar-refractivity contribution in [1.82, 2.24) is 13.9 Å². The van der Waals surface area contributed by atoms with Crippen LogP contribution in [0.1, 0.15) is 24.7 Å². The summed E-state index contributed by atoms with van der Waals surface area (Å²) >= 11 is 0. The molecule has 8 nitrogen and oxygen atoms in total. The topological polar surface area (TPSA) is 84.7 Å². The van der Waals surface area contributed by atoms with Gasteiger partial charge in [-0.3, -0.25) is 4.79 Å². The number of imidazole rings is 1. The van der Waals surface area contributed by atoms with E-state index in [2.05, 4.69) is 10.6 Å². The van der Waals surface area contributed by atoms with Crippen LogP contribution in [-0.4, -0.2) is 61.0 Å². The number of aryl methyl sites for hydroxylation is 2. The monoisotopic (exact) mass is 468 g/mol. The van der Waals surface area contributed by atoms with Crippen LogP contribution in [0.25, 0.3) is 11.0 Å². The van der Waals surface area contributed by atoms with E-state index in [4.69, 9.17) is 9.72 Å². The number of rotatable bonds is 6. The number of nitrogens with zero attached hydrogens (tertiary/aromatic N) is 4. The van der Waals surface area contributed by atoms with E-state index in [9.17, 15) is 13.2 Å². The number of carbonyl (C=O) groups is 1. The summed E-state index contributed by atoms with van der Waals surface area (Å²) in [5.41, 5.74) is 3.73. The zero-order chi connectivity index (χ0) is 23.0. The molecule has 0 unspecified atom stereocenters. The quantitative estimate of drug-likeness (QED) is 0.555. The minimum absolute atomic E-state index is 0.0882. The highest BCUT2D eigenvalue weighted by atomic mass is 32.2. The number of morpholine rings is 1. The lowest BCUT2D eigenvalue weighted by Gasteiger charge is -2.26. The minimum Gasteiger partial charge on any atom is -0.379 e. The number of ether oxygens (including phenoxy) is 1. The first kappa shape index (κ1) is 22.1. The van der Waals surface area contributed by atoms with Gasteiger partial charge in [0.05, 0.1) is 29.1 Å². The zero-order valence-electron chi connectivity index (χ0n) is 18.7. The van der Waals surface area contributed by atoms with Crippen molar-refractivity contribution in [3.05, 3.63) is 53.9 Å². The van der Waals surface area contributed by atoms with E-state index in [1.807, 2.05) is 36.1 Å². The Balaban J connectivity index is 1.37. The largest absolute Gasteiger partial charge is 0.379 e. The highest BCUT2D eigenvalue weighted by Gasteiger charge is 2.28. The van der Waals surface area contributed by atoms with Gasteiger partial charge in [-0.2, -0.15) is 4.31 Å². The van der Waals surface area contributed by atoms with Gasteiger partial charge in [0.15, 0.2) is 0 Å². The first-order valence-electron chi connectivity index (χ1n) is 11.4. The first-order chi connectivity index (χ1) is 16.0. The molecule has 2 aromatic carbocycles. The van der Waals surface area contributed by atoms with Gasteiger partial charge < -0.3 is 14.2 Å². The van der Waals surface area contributed by atoms with Gasteiger partial charge in [0.1, 0.15) is 5.82 Å². The zero-order valence-corrected chi connectivity index (χ0v) is 19.6. The van der Waals surface area contributed by atoms with Gasteiger partial charge in [0.2, 0.25) is 15.9 Å². The Morgan fingerprint density at radius 1 is 1.09 bits per heavy atom. The maximum Gasteiger partial charge on any atom is 0.243 e. The predicted octanol–water partition coefficient (Wildman–Crippen LogP) is 2.60. The predicted molar refractivity (Wildman–Crippen MR) is 126 cm³/mol. The van der Waals surface area contributed by atoms with Crippen molar-refractivity contribution in [2.75, 3.05) is 37.7 Å². The number of sulfonamides is 1. The summed E-state index contributed by atoms with van der Waals surface area (Å²) in [7, 11) is -3.59. The fourth-order valence-electron chi connectivity index (χ4n) is 4.75. The fraction of sp³-hybridized carbons (Fsp3) is 0.417. The van der Waals surface area contributed by atoms with E-state index >= 15 is 0 Å². The molecule has 1 fully saturated rings. The standard InChI is InChI=1S/C24H28N4O4S/c1-2-27-22-8-7-19(33(30,31)26-13-15-32-16-14-26)17-20(22)25-23(27)9-10-24(29)28-12-11-18-5-3-4-6-21(18)28/h3-8,17H,2,9-16H2,1H3. The number of fused-ring (bicyclic) bond motifs is 2. The second-order valence-electron chi connectivity index (χ2n) is 8.36. The number of anilines is 1. The molecular weight excluding hydrogens is 440 g/mol. The van der Waals surface area contributed by atoms with Gasteiger partial charge >= 0.3 is 0 Å². The molecule has 9 heteroatoms. The molecular formula is C24H28N4O4S. The number of hydrogen-bond donors (Lipinski definition) is 0. The molecule has 1 amide bonds. The highest BCUT2D eigenvalue weighted by Crippen LogP contribution is 2.29. The third-order valence-electron chi connectivity index (χ3n) is 6.47. The lowest BCUT2D eigenvalue weighted by molar-refractivity contribution is -0.118. The molecule has 0 radical (unpaired) electrons. The molecule has 174 valence electrons. The second-order valence-corrected chi connectivity index (χ2v) is 10.3. The molecule has 5 rings (SSSR count). The molecule has 1 aromatic heterocycles. The number of aromatic nitrogens is 2. The smallest absolute Gasteiger partial charge is 0.243 e. The van der Waals surface area contributed by atoms with Crippen molar-refractivity contribution in [3.8, 4) is 0 Å². The van der Waals surface area contributed by atoms with Crippen LogP contribution in [-0.2, 0) is 38.9 Å². The van der Waals surface area contributed by atoms with Gasteiger partial charge in [-0.1, -0.05) is 18.2 Å². The Hall–Kier alpha value is -2.75.